The number of hydrogen-bond acceptors (Lipinski definition) is 4. The van der Waals surface area contributed by atoms with Gasteiger partial charge in [-0.3, -0.25) is 4.79 Å². The normalized spacial score (nSPS) is 11.6. The molecule has 5 nitrogen and oxygen atoms in total. The van der Waals surface area contributed by atoms with Gasteiger partial charge in [-0.25, -0.2) is 12.9 Å². The maximum absolute atomic E-state index is 11.8. The van der Waals surface area contributed by atoms with Crippen LogP contribution in [0.2, 0.25) is 0 Å². The van der Waals surface area contributed by atoms with Crippen LogP contribution in [-0.2, 0) is 9.84 Å². The van der Waals surface area contributed by atoms with Crippen molar-refractivity contribution in [1.82, 2.24) is 9.61 Å². The fraction of sp³-hybridized carbons (Fsp3) is 0.0909. The third-order valence-corrected chi connectivity index (χ3v) is 5.80. The molecule has 0 aliphatic carbocycles. The van der Waals surface area contributed by atoms with Gasteiger partial charge in [-0.15, -0.1) is 0 Å². The van der Waals surface area contributed by atoms with Crippen LogP contribution in [0.1, 0.15) is 17.3 Å². The molecule has 2 aromatic heterocycles. The number of rotatable bonds is 4. The van der Waals surface area contributed by atoms with Gasteiger partial charge in [-0.05, 0) is 36.8 Å². The molecule has 0 aliphatic rings. The van der Waals surface area contributed by atoms with Crippen molar-refractivity contribution in [3.63, 3.8) is 0 Å². The summed E-state index contributed by atoms with van der Waals surface area (Å²) in [6.45, 7) is 1.54. The fourth-order valence-electron chi connectivity index (χ4n) is 3.22. The standard InChI is InChI=1S/C22H18N2O3S/c1-15(25)16-6-8-18(9-7-16)22-21(20-5-3-4-14-24(20)23-22)17-10-12-19(13-11-17)28(2,26)27/h3-14H,1-2H3. The predicted molar refractivity (Wildman–Crippen MR) is 109 cm³/mol. The molecular formula is C22H18N2O3S. The summed E-state index contributed by atoms with van der Waals surface area (Å²) in [4.78, 5) is 11.8. The van der Waals surface area contributed by atoms with Gasteiger partial charge in [-0.2, -0.15) is 5.10 Å². The minimum absolute atomic E-state index is 0.0122. The number of benzene rings is 2. The van der Waals surface area contributed by atoms with E-state index < -0.39 is 9.84 Å². The molecule has 4 aromatic rings. The van der Waals surface area contributed by atoms with Gasteiger partial charge in [0.15, 0.2) is 15.6 Å². The van der Waals surface area contributed by atoms with E-state index in [1.807, 2.05) is 36.5 Å². The number of pyridine rings is 1. The van der Waals surface area contributed by atoms with E-state index in [9.17, 15) is 13.2 Å². The van der Waals surface area contributed by atoms with E-state index in [0.717, 1.165) is 27.9 Å². The van der Waals surface area contributed by atoms with E-state index in [1.165, 1.54) is 13.2 Å². The molecule has 0 radical (unpaired) electrons. The summed E-state index contributed by atoms with van der Waals surface area (Å²) in [6, 6.07) is 20.0. The van der Waals surface area contributed by atoms with E-state index in [2.05, 4.69) is 0 Å². The number of sulfone groups is 1. The summed E-state index contributed by atoms with van der Waals surface area (Å²) in [7, 11) is -3.26. The van der Waals surface area contributed by atoms with Crippen molar-refractivity contribution in [2.45, 2.75) is 11.8 Å². The quantitative estimate of drug-likeness (QED) is 0.488. The van der Waals surface area contributed by atoms with Gasteiger partial charge in [0.05, 0.1) is 10.4 Å². The van der Waals surface area contributed by atoms with Crippen molar-refractivity contribution in [1.29, 1.82) is 0 Å². The van der Waals surface area contributed by atoms with Gasteiger partial charge in [0, 0.05) is 29.1 Å². The monoisotopic (exact) mass is 390 g/mol. The smallest absolute Gasteiger partial charge is 0.175 e. The van der Waals surface area contributed by atoms with Gasteiger partial charge in [0.2, 0.25) is 0 Å². The van der Waals surface area contributed by atoms with Crippen LogP contribution in [0.5, 0.6) is 0 Å². The molecule has 6 heteroatoms. The summed E-state index contributed by atoms with van der Waals surface area (Å²) >= 11 is 0. The van der Waals surface area contributed by atoms with Crippen LogP contribution in [0.25, 0.3) is 27.9 Å². The van der Waals surface area contributed by atoms with Crippen LogP contribution in [0.3, 0.4) is 0 Å². The number of carbonyl (C=O) groups excluding carboxylic acids is 1. The molecule has 2 aromatic carbocycles. The first-order valence-corrected chi connectivity index (χ1v) is 10.6. The fourth-order valence-corrected chi connectivity index (χ4v) is 3.85. The third kappa shape index (κ3) is 3.23. The number of ketones is 1. The molecule has 0 N–H and O–H groups in total. The zero-order valence-electron chi connectivity index (χ0n) is 15.5. The van der Waals surface area contributed by atoms with Crippen LogP contribution < -0.4 is 0 Å². The summed E-state index contributed by atoms with van der Waals surface area (Å²) in [5.41, 5.74) is 5.01. The van der Waals surface area contributed by atoms with E-state index in [1.54, 1.807) is 40.9 Å². The molecule has 0 fully saturated rings. The van der Waals surface area contributed by atoms with Crippen LogP contribution in [0, 0.1) is 0 Å². The number of carbonyl (C=O) groups is 1. The lowest BCUT2D eigenvalue weighted by Gasteiger charge is -2.06. The van der Waals surface area contributed by atoms with Gasteiger partial charge < -0.3 is 0 Å². The van der Waals surface area contributed by atoms with Crippen molar-refractivity contribution in [3.8, 4) is 22.4 Å². The highest BCUT2D eigenvalue weighted by molar-refractivity contribution is 7.90. The van der Waals surface area contributed by atoms with Gasteiger partial charge in [0.1, 0.15) is 5.69 Å². The maximum Gasteiger partial charge on any atom is 0.175 e. The molecule has 0 spiro atoms. The Labute approximate surface area is 163 Å². The minimum atomic E-state index is -3.26. The zero-order chi connectivity index (χ0) is 19.9. The summed E-state index contributed by atoms with van der Waals surface area (Å²) in [6.07, 6.45) is 3.07. The Balaban J connectivity index is 1.92. The molecular weight excluding hydrogens is 372 g/mol. The average molecular weight is 390 g/mol. The highest BCUT2D eigenvalue weighted by atomic mass is 32.2. The van der Waals surface area contributed by atoms with Crippen molar-refractivity contribution >= 4 is 21.1 Å². The molecule has 0 aliphatic heterocycles. The van der Waals surface area contributed by atoms with Crippen molar-refractivity contribution in [3.05, 3.63) is 78.5 Å². The van der Waals surface area contributed by atoms with Crippen LogP contribution >= 0.6 is 0 Å². The predicted octanol–water partition coefficient (Wildman–Crippen LogP) is 4.27. The number of Topliss-reactive ketones (excluding diaryl/α,β-unsaturated/α-hetero) is 1. The Morgan fingerprint density at radius 1 is 0.893 bits per heavy atom. The van der Waals surface area contributed by atoms with Gasteiger partial charge in [-0.1, -0.05) is 42.5 Å². The number of hydrogen-bond donors (Lipinski definition) is 0. The largest absolute Gasteiger partial charge is 0.295 e. The lowest BCUT2D eigenvalue weighted by atomic mass is 9.98. The molecule has 140 valence electrons. The highest BCUT2D eigenvalue weighted by Crippen LogP contribution is 2.35. The summed E-state index contributed by atoms with van der Waals surface area (Å²) in [5, 5.41) is 4.72. The second kappa shape index (κ2) is 6.73. The van der Waals surface area contributed by atoms with Crippen LogP contribution in [-0.4, -0.2) is 30.1 Å². The molecule has 0 unspecified atom stereocenters. The third-order valence-electron chi connectivity index (χ3n) is 4.68. The first-order chi connectivity index (χ1) is 13.3. The van der Waals surface area contributed by atoms with Crippen molar-refractivity contribution in [2.24, 2.45) is 0 Å². The first kappa shape index (κ1) is 18.1. The zero-order valence-corrected chi connectivity index (χ0v) is 16.3. The van der Waals surface area contributed by atoms with Crippen LogP contribution in [0.15, 0.2) is 77.8 Å². The molecule has 0 saturated heterocycles. The van der Waals surface area contributed by atoms with Crippen LogP contribution in [0.4, 0.5) is 0 Å². The number of nitrogens with zero attached hydrogens (tertiary/aromatic N) is 2. The van der Waals surface area contributed by atoms with E-state index in [-0.39, 0.29) is 10.7 Å². The number of aromatic nitrogens is 2. The first-order valence-electron chi connectivity index (χ1n) is 8.74. The molecule has 2 heterocycles. The van der Waals surface area contributed by atoms with Gasteiger partial charge in [0.25, 0.3) is 0 Å². The molecule has 0 bridgehead atoms. The average Bonchev–Trinajstić information content (AvgIpc) is 3.07. The Hall–Kier alpha value is -3.25. The lowest BCUT2D eigenvalue weighted by molar-refractivity contribution is 0.101. The molecule has 0 saturated carbocycles. The lowest BCUT2D eigenvalue weighted by Crippen LogP contribution is -1.96. The highest BCUT2D eigenvalue weighted by Gasteiger charge is 2.17. The SMILES string of the molecule is CC(=O)c1ccc(-c2nn3ccccc3c2-c2ccc(S(C)(=O)=O)cc2)cc1. The van der Waals surface area contributed by atoms with E-state index in [0.29, 0.717) is 5.56 Å². The topological polar surface area (TPSA) is 68.5 Å². The van der Waals surface area contributed by atoms with E-state index >= 15 is 0 Å². The van der Waals surface area contributed by atoms with Gasteiger partial charge >= 0.3 is 0 Å². The molecule has 4 rings (SSSR count). The molecule has 28 heavy (non-hydrogen) atoms. The second-order valence-corrected chi connectivity index (χ2v) is 8.70. The molecule has 0 atom stereocenters. The Bertz CT molecular complexity index is 1290. The summed E-state index contributed by atoms with van der Waals surface area (Å²) in [5.74, 6) is 0.0122. The second-order valence-electron chi connectivity index (χ2n) is 6.68. The minimum Gasteiger partial charge on any atom is -0.295 e. The Morgan fingerprint density at radius 2 is 1.54 bits per heavy atom. The Morgan fingerprint density at radius 3 is 2.14 bits per heavy atom. The summed E-state index contributed by atoms with van der Waals surface area (Å²) < 4.78 is 25.3. The van der Waals surface area contributed by atoms with Crippen molar-refractivity contribution < 1.29 is 13.2 Å². The maximum atomic E-state index is 11.8. The van der Waals surface area contributed by atoms with E-state index in [4.69, 9.17) is 5.10 Å². The van der Waals surface area contributed by atoms with Crippen molar-refractivity contribution in [2.75, 3.05) is 6.26 Å². The molecule has 0 amide bonds. The number of fused-ring (bicyclic) bond motifs is 1. The Kier molecular flexibility index (Phi) is 4.35.